The molecule has 2 saturated heterocycles. The Morgan fingerprint density at radius 2 is 1.40 bits per heavy atom. The number of halogens is 4. The molecule has 330 valence electrons. The average Bonchev–Trinajstić information content (AvgIpc) is 3.78. The molecule has 6 rings (SSSR count). The van der Waals surface area contributed by atoms with Crippen molar-refractivity contribution in [3.05, 3.63) is 95.6 Å². The molecule has 3 fully saturated rings. The first-order valence-corrected chi connectivity index (χ1v) is 21.2. The van der Waals surface area contributed by atoms with Crippen molar-refractivity contribution in [3.63, 3.8) is 0 Å². The molecule has 3 aliphatic rings. The molecule has 0 spiro atoms. The van der Waals surface area contributed by atoms with Gasteiger partial charge in [0.05, 0.1) is 36.3 Å². The second kappa shape index (κ2) is 21.3. The molecule has 2 aliphatic heterocycles. The minimum atomic E-state index is -4.06. The van der Waals surface area contributed by atoms with Crippen molar-refractivity contribution in [2.45, 2.75) is 95.8 Å². The van der Waals surface area contributed by atoms with Gasteiger partial charge in [-0.3, -0.25) is 29.4 Å². The maximum Gasteiger partial charge on any atom is 0.343 e. The van der Waals surface area contributed by atoms with E-state index in [1.54, 1.807) is 42.5 Å². The highest BCUT2D eigenvalue weighted by molar-refractivity contribution is 6.19. The third-order valence-electron chi connectivity index (χ3n) is 11.6. The fourth-order valence-corrected chi connectivity index (χ4v) is 8.29. The third kappa shape index (κ3) is 11.9. The smallest absolute Gasteiger partial charge is 0.343 e. The van der Waals surface area contributed by atoms with Crippen LogP contribution in [0.4, 0.5) is 23.2 Å². The predicted octanol–water partition coefficient (Wildman–Crippen LogP) is 8.67. The first-order chi connectivity index (χ1) is 29.8. The number of nitrogens with one attached hydrogen (secondary N) is 1. The summed E-state index contributed by atoms with van der Waals surface area (Å²) in [6.07, 6.45) is 7.41. The van der Waals surface area contributed by atoms with Crippen molar-refractivity contribution < 1.29 is 60.5 Å². The van der Waals surface area contributed by atoms with Crippen molar-refractivity contribution >= 4 is 47.3 Å². The third-order valence-corrected chi connectivity index (χ3v) is 11.6. The van der Waals surface area contributed by atoms with Crippen molar-refractivity contribution in [1.82, 2.24) is 5.32 Å². The van der Waals surface area contributed by atoms with E-state index in [4.69, 9.17) is 14.2 Å². The monoisotopic (exact) mass is 862 g/mol. The number of rotatable bonds is 22. The van der Waals surface area contributed by atoms with E-state index < -0.39 is 54.4 Å². The van der Waals surface area contributed by atoms with Gasteiger partial charge in [0.1, 0.15) is 11.5 Å². The minimum absolute atomic E-state index is 0.0789. The highest BCUT2D eigenvalue weighted by Gasteiger charge is 2.59. The molecule has 15 heteroatoms. The van der Waals surface area contributed by atoms with Crippen LogP contribution in [0.1, 0.15) is 98.5 Å². The number of ether oxygens (including phenoxy) is 3. The van der Waals surface area contributed by atoms with Gasteiger partial charge < -0.3 is 14.2 Å². The lowest BCUT2D eigenvalue weighted by molar-refractivity contribution is -0.138. The van der Waals surface area contributed by atoms with Crippen LogP contribution < -0.4 is 19.7 Å². The predicted molar refractivity (Wildman–Crippen MR) is 219 cm³/mol. The molecule has 11 nitrogen and oxygen atoms in total. The van der Waals surface area contributed by atoms with Crippen molar-refractivity contribution in [2.24, 2.45) is 23.7 Å². The zero-order valence-corrected chi connectivity index (χ0v) is 34.2. The van der Waals surface area contributed by atoms with E-state index in [9.17, 15) is 46.3 Å². The fourth-order valence-electron chi connectivity index (χ4n) is 8.29. The summed E-state index contributed by atoms with van der Waals surface area (Å²) >= 11 is 0. The summed E-state index contributed by atoms with van der Waals surface area (Å²) in [5.41, 5.74) is 2.56. The van der Waals surface area contributed by atoms with E-state index >= 15 is 0 Å². The number of carbonyl (C=O) groups is 6. The van der Waals surface area contributed by atoms with E-state index in [1.807, 2.05) is 12.1 Å². The van der Waals surface area contributed by atoms with Crippen molar-refractivity contribution in [2.75, 3.05) is 18.1 Å². The molecule has 62 heavy (non-hydrogen) atoms. The number of alkyl halides is 4. The van der Waals surface area contributed by atoms with Gasteiger partial charge in [0.25, 0.3) is 0 Å². The summed E-state index contributed by atoms with van der Waals surface area (Å²) in [4.78, 5) is 76.7. The number of piperidine rings is 1. The average molecular weight is 863 g/mol. The second-order valence-electron chi connectivity index (χ2n) is 16.0. The normalized spacial score (nSPS) is 19.8. The van der Waals surface area contributed by atoms with Crippen molar-refractivity contribution in [1.29, 1.82) is 0 Å². The molecule has 4 unspecified atom stereocenters. The van der Waals surface area contributed by atoms with Gasteiger partial charge in [-0.05, 0) is 104 Å². The second-order valence-corrected chi connectivity index (χ2v) is 16.0. The Morgan fingerprint density at radius 1 is 0.758 bits per heavy atom. The lowest BCUT2D eigenvalue weighted by Crippen LogP contribution is -2.49. The number of nitrogens with zero attached hydrogens (tertiary/aromatic N) is 1. The lowest BCUT2D eigenvalue weighted by atomic mass is 9.81. The summed E-state index contributed by atoms with van der Waals surface area (Å²) in [6.45, 7) is 0.141. The van der Waals surface area contributed by atoms with Gasteiger partial charge in [-0.25, -0.2) is 27.2 Å². The molecular weight excluding hydrogens is 813 g/mol. The first-order valence-electron chi connectivity index (χ1n) is 21.2. The van der Waals surface area contributed by atoms with Crippen LogP contribution in [0.2, 0.25) is 0 Å². The number of fused-ring (bicyclic) bond motifs is 3. The van der Waals surface area contributed by atoms with Gasteiger partial charge in [-0.15, -0.1) is 0 Å². The molecule has 1 aliphatic carbocycles. The first kappa shape index (κ1) is 45.7. The number of aryl methyl sites for hydroxylation is 1. The Labute approximate surface area is 357 Å². The van der Waals surface area contributed by atoms with Gasteiger partial charge in [0.15, 0.2) is 0 Å². The van der Waals surface area contributed by atoms with Gasteiger partial charge >= 0.3 is 24.3 Å². The molecule has 0 aromatic heterocycles. The van der Waals surface area contributed by atoms with Crippen LogP contribution in [0.5, 0.6) is 11.5 Å². The molecular formula is C47H50F4N2O9. The molecule has 0 bridgehead atoms. The van der Waals surface area contributed by atoms with Crippen LogP contribution in [0.25, 0.3) is 6.08 Å². The molecule has 0 radical (unpaired) electrons. The standard InChI is InChI=1S/C47H50F4N2O9/c48-46(49)47(50,51)25-9-27-60-34-22-16-32(17-23-34)45(59)62-35-20-13-31(14-21-35)15-24-40(55)61-26-8-6-4-2-1-3-5-7-10-30-11-18-33(19-12-30)53-39(54)29-36-37(44(53)58)28-38-41(36)43(57)52-42(38)56/h11-24,36-38,41,46H,1-10,25-29H2,(H,52,56,57)/b24-15+. The Bertz CT molecular complexity index is 2090. The summed E-state index contributed by atoms with van der Waals surface area (Å²) in [5.74, 6) is -7.99. The lowest BCUT2D eigenvalue weighted by Gasteiger charge is -2.34. The Morgan fingerprint density at radius 3 is 2.08 bits per heavy atom. The maximum atomic E-state index is 13.3. The molecule has 1 saturated carbocycles. The van der Waals surface area contributed by atoms with Gasteiger partial charge in [-0.1, -0.05) is 62.8 Å². The number of anilines is 1. The number of hydrogen-bond acceptors (Lipinski definition) is 9. The number of imide groups is 2. The van der Waals surface area contributed by atoms with Gasteiger partial charge in [0.2, 0.25) is 23.6 Å². The summed E-state index contributed by atoms with van der Waals surface area (Å²) in [5, 5.41) is 2.34. The van der Waals surface area contributed by atoms with Crippen LogP contribution in [0.3, 0.4) is 0 Å². The Kier molecular flexibility index (Phi) is 15.7. The molecule has 4 amide bonds. The summed E-state index contributed by atoms with van der Waals surface area (Å²) in [7, 11) is 0. The number of benzene rings is 3. The Hall–Kier alpha value is -5.86. The molecule has 4 atom stereocenters. The highest BCUT2D eigenvalue weighted by Crippen LogP contribution is 2.49. The van der Waals surface area contributed by atoms with E-state index in [-0.39, 0.29) is 60.1 Å². The van der Waals surface area contributed by atoms with Crippen LogP contribution in [0, 0.1) is 23.7 Å². The van der Waals surface area contributed by atoms with E-state index in [0.29, 0.717) is 24.3 Å². The molecule has 2 heterocycles. The van der Waals surface area contributed by atoms with Crippen LogP contribution in [-0.4, -0.2) is 61.1 Å². The van der Waals surface area contributed by atoms with Gasteiger partial charge in [-0.2, -0.15) is 0 Å². The number of carbonyl (C=O) groups excluding carboxylic acids is 6. The zero-order chi connectivity index (χ0) is 44.2. The molecule has 1 N–H and O–H groups in total. The number of hydrogen-bond donors (Lipinski definition) is 1. The van der Waals surface area contributed by atoms with Crippen molar-refractivity contribution in [3.8, 4) is 11.5 Å². The van der Waals surface area contributed by atoms with E-state index in [2.05, 4.69) is 5.32 Å². The highest BCUT2D eigenvalue weighted by atomic mass is 19.3. The number of esters is 2. The Balaban J connectivity index is 0.776. The maximum absolute atomic E-state index is 13.3. The van der Waals surface area contributed by atoms with Crippen LogP contribution in [0.15, 0.2) is 78.9 Å². The van der Waals surface area contributed by atoms with Crippen LogP contribution in [-0.2, 0) is 35.1 Å². The van der Waals surface area contributed by atoms with E-state index in [1.165, 1.54) is 35.2 Å². The fraction of sp³-hybridized carbons (Fsp3) is 0.447. The van der Waals surface area contributed by atoms with Gasteiger partial charge in [0, 0.05) is 24.8 Å². The largest absolute Gasteiger partial charge is 0.494 e. The summed E-state index contributed by atoms with van der Waals surface area (Å²) in [6, 6.07) is 19.8. The molecule has 3 aromatic carbocycles. The summed E-state index contributed by atoms with van der Waals surface area (Å²) < 4.78 is 66.5. The topological polar surface area (TPSA) is 145 Å². The molecule has 3 aromatic rings. The van der Waals surface area contributed by atoms with E-state index in [0.717, 1.165) is 63.4 Å². The SMILES string of the molecule is O=C(/C=C/c1ccc(OC(=O)c2ccc(OCCCC(F)(F)C(F)F)cc2)cc1)OCCCCCCCCCCc1ccc(N2C(=O)CC3C(CC4C(=O)NC(=O)C43)C2=O)cc1. The minimum Gasteiger partial charge on any atom is -0.494 e. The number of unbranched alkanes of at least 4 members (excludes halogenated alkanes) is 7. The number of amides is 4. The van der Waals surface area contributed by atoms with Crippen LogP contribution >= 0.6 is 0 Å². The quantitative estimate of drug-likeness (QED) is 0.0262. The zero-order valence-electron chi connectivity index (χ0n) is 34.2.